The molecule has 4 rings (SSSR count). The molecule has 0 aromatic heterocycles. The van der Waals surface area contributed by atoms with Gasteiger partial charge < -0.3 is 14.6 Å². The maximum absolute atomic E-state index is 13.4. The van der Waals surface area contributed by atoms with Gasteiger partial charge in [-0.1, -0.05) is 44.2 Å². The molecule has 0 bridgehead atoms. The molecule has 3 atom stereocenters. The number of nitrogens with zero attached hydrogens (tertiary/aromatic N) is 2. The number of methoxy groups -OCH3 is 1. The number of rotatable bonds is 13. The quantitative estimate of drug-likeness (QED) is 0.391. The molecule has 0 aliphatic carbocycles. The van der Waals surface area contributed by atoms with Crippen molar-refractivity contribution in [3.8, 4) is 11.5 Å². The number of hydrogen-bond acceptors (Lipinski definition) is 6. The van der Waals surface area contributed by atoms with E-state index in [9.17, 15) is 14.7 Å². The molecule has 206 valence electrons. The van der Waals surface area contributed by atoms with E-state index in [0.717, 1.165) is 47.5 Å². The van der Waals surface area contributed by atoms with E-state index in [-0.39, 0.29) is 24.4 Å². The van der Waals surface area contributed by atoms with Crippen LogP contribution in [0.2, 0.25) is 0 Å². The van der Waals surface area contributed by atoms with Crippen molar-refractivity contribution in [3.05, 3.63) is 59.2 Å². The Morgan fingerprint density at radius 2 is 1.97 bits per heavy atom. The Balaban J connectivity index is 1.62. The van der Waals surface area contributed by atoms with Crippen LogP contribution in [0.5, 0.6) is 11.5 Å². The number of benzene rings is 2. The number of aryl methyl sites for hydroxylation is 1. The van der Waals surface area contributed by atoms with Crippen molar-refractivity contribution in [1.82, 2.24) is 9.96 Å². The number of likely N-dealkylation sites (tertiary alicyclic amines) is 1. The lowest BCUT2D eigenvalue weighted by molar-refractivity contribution is -0.188. The number of carboxylic acid groups (broad SMARTS) is 1. The highest BCUT2D eigenvalue weighted by Gasteiger charge is 2.47. The zero-order chi connectivity index (χ0) is 27.1. The van der Waals surface area contributed by atoms with E-state index in [4.69, 9.17) is 14.3 Å². The minimum absolute atomic E-state index is 0.120. The number of carboxylic acids is 1. The molecule has 8 heteroatoms. The number of aliphatic carboxylic acids is 1. The Labute approximate surface area is 225 Å². The molecule has 38 heavy (non-hydrogen) atoms. The number of amides is 1. The monoisotopic (exact) mass is 524 g/mol. The van der Waals surface area contributed by atoms with Gasteiger partial charge in [0, 0.05) is 31.5 Å². The Bertz CT molecular complexity index is 1110. The fraction of sp³-hybridized carbons (Fsp3) is 0.533. The summed E-state index contributed by atoms with van der Waals surface area (Å²) in [5, 5.41) is 11.9. The first kappa shape index (κ1) is 27.9. The second kappa shape index (κ2) is 13.1. The number of carbonyl (C=O) groups excluding carboxylic acids is 1. The number of para-hydroxylation sites is 1. The maximum Gasteiger partial charge on any atom is 0.308 e. The highest BCUT2D eigenvalue weighted by atomic mass is 16.7. The van der Waals surface area contributed by atoms with Gasteiger partial charge in [-0.05, 0) is 54.5 Å². The van der Waals surface area contributed by atoms with Crippen LogP contribution >= 0.6 is 0 Å². The van der Waals surface area contributed by atoms with Crippen LogP contribution in [-0.2, 0) is 27.3 Å². The van der Waals surface area contributed by atoms with Crippen molar-refractivity contribution in [3.63, 3.8) is 0 Å². The summed E-state index contributed by atoms with van der Waals surface area (Å²) in [5.74, 6) is -0.174. The molecule has 2 heterocycles. The van der Waals surface area contributed by atoms with Gasteiger partial charge in [0.15, 0.2) is 0 Å². The van der Waals surface area contributed by atoms with E-state index >= 15 is 0 Å². The molecular weight excluding hydrogens is 484 g/mol. The molecule has 2 aliphatic heterocycles. The molecule has 0 spiro atoms. The summed E-state index contributed by atoms with van der Waals surface area (Å²) in [4.78, 5) is 33.9. The number of ether oxygens (including phenoxy) is 2. The molecule has 1 N–H and O–H groups in total. The lowest BCUT2D eigenvalue weighted by atomic mass is 9.83. The smallest absolute Gasteiger partial charge is 0.308 e. The first-order chi connectivity index (χ1) is 18.5. The zero-order valence-corrected chi connectivity index (χ0v) is 22.7. The van der Waals surface area contributed by atoms with Gasteiger partial charge in [-0.3, -0.25) is 19.3 Å². The van der Waals surface area contributed by atoms with Gasteiger partial charge in [0.2, 0.25) is 0 Å². The van der Waals surface area contributed by atoms with Gasteiger partial charge >= 0.3 is 5.97 Å². The Hall–Kier alpha value is -3.10. The van der Waals surface area contributed by atoms with Crippen LogP contribution in [0, 0.1) is 5.92 Å². The van der Waals surface area contributed by atoms with E-state index < -0.39 is 11.9 Å². The van der Waals surface area contributed by atoms with Crippen molar-refractivity contribution in [1.29, 1.82) is 0 Å². The molecule has 2 aliphatic rings. The zero-order valence-electron chi connectivity index (χ0n) is 22.7. The third-order valence-electron chi connectivity index (χ3n) is 7.57. The van der Waals surface area contributed by atoms with Crippen LogP contribution in [-0.4, -0.2) is 72.9 Å². The average Bonchev–Trinajstić information content (AvgIpc) is 3.54. The average molecular weight is 525 g/mol. The standard InChI is InChI=1S/C30H40N2O6/c1-4-15-32(38-16-5-2)28(33)20-31-19-24(22-11-13-27-23(18-22)14-17-37-27)29(30(34)35)25(31)12-10-21-8-6-7-9-26(21)36-3/h6-9,11,13,18,24-25,29H,4-5,10,12,14-17,19-20H2,1-3H3,(H,34,35). The Kier molecular flexibility index (Phi) is 9.63. The molecule has 8 nitrogen and oxygen atoms in total. The van der Waals surface area contributed by atoms with E-state index in [1.165, 1.54) is 5.06 Å². The Morgan fingerprint density at radius 3 is 2.71 bits per heavy atom. The summed E-state index contributed by atoms with van der Waals surface area (Å²) >= 11 is 0. The second-order valence-corrected chi connectivity index (χ2v) is 10.1. The lowest BCUT2D eigenvalue weighted by Crippen LogP contribution is -2.44. The topological polar surface area (TPSA) is 88.5 Å². The fourth-order valence-corrected chi connectivity index (χ4v) is 5.76. The predicted molar refractivity (Wildman–Crippen MR) is 144 cm³/mol. The highest BCUT2D eigenvalue weighted by Crippen LogP contribution is 2.41. The molecule has 2 aromatic carbocycles. The molecule has 3 unspecified atom stereocenters. The Morgan fingerprint density at radius 1 is 1.16 bits per heavy atom. The second-order valence-electron chi connectivity index (χ2n) is 10.1. The molecule has 1 amide bonds. The molecule has 0 radical (unpaired) electrons. The first-order valence-corrected chi connectivity index (χ1v) is 13.7. The van der Waals surface area contributed by atoms with Crippen molar-refractivity contribution < 1.29 is 29.0 Å². The van der Waals surface area contributed by atoms with Gasteiger partial charge in [0.05, 0.1) is 32.8 Å². The van der Waals surface area contributed by atoms with E-state index in [1.807, 2.05) is 50.2 Å². The van der Waals surface area contributed by atoms with Crippen molar-refractivity contribution in [2.75, 3.05) is 40.0 Å². The summed E-state index contributed by atoms with van der Waals surface area (Å²) in [6.45, 7) is 6.26. The van der Waals surface area contributed by atoms with Crippen LogP contribution in [0.25, 0.3) is 0 Å². The molecular formula is C30H40N2O6. The summed E-state index contributed by atoms with van der Waals surface area (Å²) < 4.78 is 11.2. The molecule has 1 fully saturated rings. The van der Waals surface area contributed by atoms with Gasteiger partial charge in [0.1, 0.15) is 11.5 Å². The van der Waals surface area contributed by atoms with E-state index in [1.54, 1.807) is 7.11 Å². The van der Waals surface area contributed by atoms with Crippen LogP contribution in [0.15, 0.2) is 42.5 Å². The van der Waals surface area contributed by atoms with Crippen LogP contribution in [0.4, 0.5) is 0 Å². The normalized spacial score (nSPS) is 20.7. The van der Waals surface area contributed by atoms with Gasteiger partial charge in [-0.25, -0.2) is 5.06 Å². The van der Waals surface area contributed by atoms with Crippen LogP contribution < -0.4 is 9.47 Å². The molecule has 0 saturated carbocycles. The first-order valence-electron chi connectivity index (χ1n) is 13.7. The predicted octanol–water partition coefficient (Wildman–Crippen LogP) is 4.31. The van der Waals surface area contributed by atoms with Gasteiger partial charge in [-0.2, -0.15) is 0 Å². The number of hydroxylamine groups is 2. The summed E-state index contributed by atoms with van der Waals surface area (Å²) in [6.07, 6.45) is 3.67. The van der Waals surface area contributed by atoms with Crippen molar-refractivity contribution in [2.24, 2.45) is 5.92 Å². The highest BCUT2D eigenvalue weighted by molar-refractivity contribution is 5.78. The van der Waals surface area contributed by atoms with Crippen LogP contribution in [0.3, 0.4) is 0 Å². The largest absolute Gasteiger partial charge is 0.496 e. The number of fused-ring (bicyclic) bond motifs is 1. The summed E-state index contributed by atoms with van der Waals surface area (Å²) in [7, 11) is 1.64. The molecule has 1 saturated heterocycles. The third kappa shape index (κ3) is 6.30. The number of carbonyl (C=O) groups is 2. The summed E-state index contributed by atoms with van der Waals surface area (Å²) in [5.41, 5.74) is 3.14. The lowest BCUT2D eigenvalue weighted by Gasteiger charge is -2.29. The van der Waals surface area contributed by atoms with Gasteiger partial charge in [0.25, 0.3) is 5.91 Å². The third-order valence-corrected chi connectivity index (χ3v) is 7.57. The minimum atomic E-state index is -0.834. The SMILES string of the molecule is CCCON(CCC)C(=O)CN1CC(c2ccc3c(c2)CCO3)C(C(=O)O)C1CCc1ccccc1OC. The minimum Gasteiger partial charge on any atom is -0.496 e. The van der Waals surface area contributed by atoms with Crippen molar-refractivity contribution >= 4 is 11.9 Å². The van der Waals surface area contributed by atoms with Crippen LogP contribution in [0.1, 0.15) is 55.7 Å². The van der Waals surface area contributed by atoms with E-state index in [2.05, 4.69) is 11.0 Å². The van der Waals surface area contributed by atoms with E-state index in [0.29, 0.717) is 39.1 Å². The maximum atomic E-state index is 13.4. The van der Waals surface area contributed by atoms with Crippen molar-refractivity contribution in [2.45, 2.75) is 57.9 Å². The molecule has 2 aromatic rings. The van der Waals surface area contributed by atoms with Gasteiger partial charge in [-0.15, -0.1) is 0 Å². The summed E-state index contributed by atoms with van der Waals surface area (Å²) in [6, 6.07) is 13.5. The number of hydrogen-bond donors (Lipinski definition) is 1. The fourth-order valence-electron chi connectivity index (χ4n) is 5.76.